The molecule has 2 unspecified atom stereocenters. The van der Waals surface area contributed by atoms with E-state index in [9.17, 15) is 4.79 Å². The topological polar surface area (TPSA) is 47.6 Å². The first-order chi connectivity index (χ1) is 7.77. The van der Waals surface area contributed by atoms with Gasteiger partial charge in [-0.05, 0) is 25.7 Å². The maximum atomic E-state index is 10.9. The van der Waals surface area contributed by atoms with Gasteiger partial charge in [-0.2, -0.15) is 0 Å². The molecule has 0 heterocycles. The Bertz CT molecular complexity index is 208. The van der Waals surface area contributed by atoms with E-state index in [1.807, 2.05) is 0 Å². The van der Waals surface area contributed by atoms with Crippen molar-refractivity contribution in [1.29, 1.82) is 0 Å². The van der Waals surface area contributed by atoms with Crippen LogP contribution in [-0.2, 0) is 14.3 Å². The van der Waals surface area contributed by atoms with Crippen molar-refractivity contribution >= 4 is 5.97 Å². The van der Waals surface area contributed by atoms with E-state index in [1.165, 1.54) is 19.3 Å². The first-order valence-electron chi connectivity index (χ1n) is 6.24. The minimum atomic E-state index is -0.280. The van der Waals surface area contributed by atoms with Gasteiger partial charge in [0.2, 0.25) is 0 Å². The van der Waals surface area contributed by atoms with E-state index in [0.29, 0.717) is 19.3 Å². The van der Waals surface area contributed by atoms with Crippen molar-refractivity contribution in [3.8, 4) is 0 Å². The van der Waals surface area contributed by atoms with Crippen LogP contribution in [0.3, 0.4) is 0 Å². The van der Waals surface area contributed by atoms with Crippen LogP contribution in [0.5, 0.6) is 0 Å². The van der Waals surface area contributed by atoms with Gasteiger partial charge in [-0.15, -0.1) is 0 Å². The molecule has 4 heteroatoms. The highest BCUT2D eigenvalue weighted by Crippen LogP contribution is 2.34. The Morgan fingerprint density at radius 2 is 2.25 bits per heavy atom. The zero-order chi connectivity index (χ0) is 11.8. The van der Waals surface area contributed by atoms with Crippen molar-refractivity contribution in [2.24, 2.45) is 5.92 Å². The van der Waals surface area contributed by atoms with Crippen LogP contribution in [-0.4, -0.2) is 38.4 Å². The summed E-state index contributed by atoms with van der Waals surface area (Å²) in [6.45, 7) is 5.90. The highest BCUT2D eigenvalue weighted by atomic mass is 16.6. The Balaban J connectivity index is 1.84. The molecule has 0 amide bonds. The minimum Gasteiger partial charge on any atom is -0.464 e. The molecule has 1 N–H and O–H groups in total. The molecule has 4 nitrogen and oxygen atoms in total. The molecule has 0 bridgehead atoms. The lowest BCUT2D eigenvalue weighted by molar-refractivity contribution is -0.148. The lowest BCUT2D eigenvalue weighted by Crippen LogP contribution is -2.24. The first-order valence-corrected chi connectivity index (χ1v) is 6.24. The van der Waals surface area contributed by atoms with Gasteiger partial charge < -0.3 is 14.8 Å². The molecular weight excluding hydrogens is 206 g/mol. The van der Waals surface area contributed by atoms with Gasteiger partial charge >= 0.3 is 5.97 Å². The number of esters is 1. The Morgan fingerprint density at radius 1 is 1.44 bits per heavy atom. The molecule has 94 valence electrons. The fraction of sp³-hybridized carbons (Fsp3) is 0.917. The van der Waals surface area contributed by atoms with E-state index < -0.39 is 0 Å². The molecular formula is C12H23NO3. The first kappa shape index (κ1) is 13.5. The Morgan fingerprint density at radius 3 is 2.94 bits per heavy atom. The quantitative estimate of drug-likeness (QED) is 0.479. The van der Waals surface area contributed by atoms with E-state index in [-0.39, 0.29) is 12.6 Å². The van der Waals surface area contributed by atoms with Gasteiger partial charge in [0.25, 0.3) is 0 Å². The molecule has 16 heavy (non-hydrogen) atoms. The summed E-state index contributed by atoms with van der Waals surface area (Å²) in [6, 6.07) is 0.686. The van der Waals surface area contributed by atoms with Crippen LogP contribution in [0.15, 0.2) is 0 Å². The van der Waals surface area contributed by atoms with Crippen molar-refractivity contribution in [3.63, 3.8) is 0 Å². The van der Waals surface area contributed by atoms with Crippen LogP contribution < -0.4 is 5.32 Å². The van der Waals surface area contributed by atoms with Crippen molar-refractivity contribution in [3.05, 3.63) is 0 Å². The van der Waals surface area contributed by atoms with Crippen LogP contribution in [0.25, 0.3) is 0 Å². The third kappa shape index (κ3) is 5.47. The van der Waals surface area contributed by atoms with Crippen molar-refractivity contribution < 1.29 is 14.3 Å². The van der Waals surface area contributed by atoms with Crippen LogP contribution in [0, 0.1) is 5.92 Å². The van der Waals surface area contributed by atoms with Gasteiger partial charge in [-0.25, -0.2) is 4.79 Å². The number of carbonyl (C=O) groups excluding carboxylic acids is 1. The third-order valence-corrected chi connectivity index (χ3v) is 2.76. The summed E-state index contributed by atoms with van der Waals surface area (Å²) < 4.78 is 9.93. The molecule has 2 atom stereocenters. The zero-order valence-corrected chi connectivity index (χ0v) is 10.3. The minimum absolute atomic E-state index is 0.0680. The normalized spacial score (nSPS) is 23.1. The maximum Gasteiger partial charge on any atom is 0.332 e. The molecule has 1 fully saturated rings. The second kappa shape index (κ2) is 7.63. The van der Waals surface area contributed by atoms with Crippen LogP contribution in [0.1, 0.15) is 33.1 Å². The summed E-state index contributed by atoms with van der Waals surface area (Å²) in [5, 5.41) is 3.42. The predicted molar refractivity (Wildman–Crippen MR) is 62.3 cm³/mol. The Labute approximate surface area is 97.7 Å². The second-order valence-electron chi connectivity index (χ2n) is 4.20. The predicted octanol–water partition coefficient (Wildman–Crippen LogP) is 1.34. The fourth-order valence-corrected chi connectivity index (χ4v) is 1.86. The number of hydrogen-bond acceptors (Lipinski definition) is 4. The number of carbonyl (C=O) groups is 1. The molecule has 1 aliphatic carbocycles. The lowest BCUT2D eigenvalue weighted by atomic mass is 10.2. The van der Waals surface area contributed by atoms with Gasteiger partial charge in [0.1, 0.15) is 6.61 Å². The Hall–Kier alpha value is -0.610. The van der Waals surface area contributed by atoms with Crippen molar-refractivity contribution in [2.75, 3.05) is 26.4 Å². The average Bonchev–Trinajstić information content (AvgIpc) is 2.97. The van der Waals surface area contributed by atoms with Gasteiger partial charge in [-0.3, -0.25) is 0 Å². The van der Waals surface area contributed by atoms with Gasteiger partial charge in [0, 0.05) is 12.6 Å². The molecule has 0 radical (unpaired) electrons. The van der Waals surface area contributed by atoms with Crippen LogP contribution in [0.4, 0.5) is 0 Å². The number of rotatable bonds is 9. The fourth-order valence-electron chi connectivity index (χ4n) is 1.86. The van der Waals surface area contributed by atoms with E-state index in [0.717, 1.165) is 12.5 Å². The molecule has 1 saturated carbocycles. The second-order valence-corrected chi connectivity index (χ2v) is 4.20. The van der Waals surface area contributed by atoms with E-state index >= 15 is 0 Å². The molecule has 0 aliphatic heterocycles. The number of ether oxygens (including phenoxy) is 2. The lowest BCUT2D eigenvalue weighted by Gasteiger charge is -2.05. The summed E-state index contributed by atoms with van der Waals surface area (Å²) >= 11 is 0. The van der Waals surface area contributed by atoms with Gasteiger partial charge in [0.05, 0.1) is 13.2 Å². The monoisotopic (exact) mass is 229 g/mol. The average molecular weight is 229 g/mol. The maximum absolute atomic E-state index is 10.9. The largest absolute Gasteiger partial charge is 0.464 e. The molecule has 1 aliphatic rings. The van der Waals surface area contributed by atoms with E-state index in [4.69, 9.17) is 9.47 Å². The summed E-state index contributed by atoms with van der Waals surface area (Å²) in [6.07, 6.45) is 3.88. The van der Waals surface area contributed by atoms with Crippen LogP contribution >= 0.6 is 0 Å². The molecule has 0 aromatic heterocycles. The Kier molecular flexibility index (Phi) is 6.42. The zero-order valence-electron chi connectivity index (χ0n) is 10.3. The summed E-state index contributed by atoms with van der Waals surface area (Å²) in [5.41, 5.74) is 0. The highest BCUT2D eigenvalue weighted by molar-refractivity contribution is 5.70. The van der Waals surface area contributed by atoms with Crippen LogP contribution in [0.2, 0.25) is 0 Å². The molecule has 1 rings (SSSR count). The molecule has 0 aromatic rings. The number of hydrogen-bond donors (Lipinski definition) is 1. The van der Waals surface area contributed by atoms with Gasteiger partial charge in [0.15, 0.2) is 0 Å². The molecule has 0 spiro atoms. The summed E-state index contributed by atoms with van der Waals surface area (Å²) in [5.74, 6) is 0.591. The van der Waals surface area contributed by atoms with E-state index in [2.05, 4.69) is 12.2 Å². The SMILES string of the molecule is CCCC1CC1NCCOCC(=O)OCC. The van der Waals surface area contributed by atoms with E-state index in [1.54, 1.807) is 6.92 Å². The van der Waals surface area contributed by atoms with Crippen molar-refractivity contribution in [2.45, 2.75) is 39.2 Å². The summed E-state index contributed by atoms with van der Waals surface area (Å²) in [7, 11) is 0. The standard InChI is InChI=1S/C12H23NO3/c1-3-5-10-8-11(10)13-6-7-15-9-12(14)16-4-2/h10-11,13H,3-9H2,1-2H3. The highest BCUT2D eigenvalue weighted by Gasteiger charge is 2.34. The van der Waals surface area contributed by atoms with Gasteiger partial charge in [-0.1, -0.05) is 13.3 Å². The van der Waals surface area contributed by atoms with Crippen molar-refractivity contribution in [1.82, 2.24) is 5.32 Å². The molecule has 0 saturated heterocycles. The molecule has 0 aromatic carbocycles. The third-order valence-electron chi connectivity index (χ3n) is 2.76. The summed E-state index contributed by atoms with van der Waals surface area (Å²) in [4.78, 5) is 10.9. The number of nitrogens with one attached hydrogen (secondary N) is 1. The smallest absolute Gasteiger partial charge is 0.332 e.